The van der Waals surface area contributed by atoms with Gasteiger partial charge in [-0.25, -0.2) is 9.59 Å². The molecule has 4 rings (SSSR count). The minimum absolute atomic E-state index is 0.201. The van der Waals surface area contributed by atoms with E-state index in [2.05, 4.69) is 13.8 Å². The maximum atomic E-state index is 12.1. The third-order valence-electron chi connectivity index (χ3n) is 5.08. The zero-order valence-electron chi connectivity index (χ0n) is 16.0. The van der Waals surface area contributed by atoms with E-state index in [1.54, 1.807) is 12.1 Å². The molecule has 0 fully saturated rings. The molecule has 28 heavy (non-hydrogen) atoms. The highest BCUT2D eigenvalue weighted by molar-refractivity contribution is 5.84. The average Bonchev–Trinajstić information content (AvgIpc) is 3.17. The third-order valence-corrected chi connectivity index (χ3v) is 5.08. The number of benzene rings is 2. The van der Waals surface area contributed by atoms with Crippen molar-refractivity contribution in [1.29, 1.82) is 0 Å². The fourth-order valence-corrected chi connectivity index (χ4v) is 3.58. The standard InChI is InChI=1S/C23H22O5/c1-14(2)15-6-8-16(9-7-15)26-13-22(24)27-17-10-11-19-18-4-3-5-20(18)23(25)28-21(19)12-17/h6-12,14H,3-5,13H2,1-2H3. The molecule has 5 heteroatoms. The fourth-order valence-electron chi connectivity index (χ4n) is 3.58. The Kier molecular flexibility index (Phi) is 4.90. The average molecular weight is 378 g/mol. The zero-order chi connectivity index (χ0) is 19.7. The minimum atomic E-state index is -0.518. The number of rotatable bonds is 5. The van der Waals surface area contributed by atoms with Gasteiger partial charge in [-0.3, -0.25) is 0 Å². The lowest BCUT2D eigenvalue weighted by molar-refractivity contribution is -0.136. The summed E-state index contributed by atoms with van der Waals surface area (Å²) in [7, 11) is 0. The van der Waals surface area contributed by atoms with Gasteiger partial charge in [-0.15, -0.1) is 0 Å². The Hall–Kier alpha value is -3.08. The quantitative estimate of drug-likeness (QED) is 0.374. The lowest BCUT2D eigenvalue weighted by Crippen LogP contribution is -2.17. The van der Waals surface area contributed by atoms with E-state index in [1.807, 2.05) is 30.3 Å². The number of hydrogen-bond donors (Lipinski definition) is 0. The second kappa shape index (κ2) is 7.50. The van der Waals surface area contributed by atoms with Gasteiger partial charge >= 0.3 is 11.6 Å². The molecule has 0 saturated heterocycles. The molecule has 0 atom stereocenters. The maximum absolute atomic E-state index is 12.1. The highest BCUT2D eigenvalue weighted by Crippen LogP contribution is 2.29. The molecule has 2 aromatic carbocycles. The van der Waals surface area contributed by atoms with Crippen molar-refractivity contribution in [3.8, 4) is 11.5 Å². The van der Waals surface area contributed by atoms with Crippen LogP contribution in [0, 0.1) is 0 Å². The molecular formula is C23H22O5. The predicted octanol–water partition coefficient (Wildman–Crippen LogP) is 4.39. The van der Waals surface area contributed by atoms with Crippen LogP contribution in [0.4, 0.5) is 0 Å². The van der Waals surface area contributed by atoms with Gasteiger partial charge < -0.3 is 13.9 Å². The summed E-state index contributed by atoms with van der Waals surface area (Å²) < 4.78 is 16.2. The topological polar surface area (TPSA) is 65.7 Å². The summed E-state index contributed by atoms with van der Waals surface area (Å²) in [4.78, 5) is 24.2. The summed E-state index contributed by atoms with van der Waals surface area (Å²) in [6.07, 6.45) is 2.60. The van der Waals surface area contributed by atoms with Gasteiger partial charge in [0.05, 0.1) is 0 Å². The van der Waals surface area contributed by atoms with E-state index in [-0.39, 0.29) is 12.2 Å². The third kappa shape index (κ3) is 3.65. The molecule has 1 aromatic heterocycles. The molecule has 1 heterocycles. The first kappa shape index (κ1) is 18.3. The molecule has 1 aliphatic rings. The van der Waals surface area contributed by atoms with E-state index in [9.17, 15) is 9.59 Å². The van der Waals surface area contributed by atoms with Gasteiger partial charge in [0.15, 0.2) is 6.61 Å². The summed E-state index contributed by atoms with van der Waals surface area (Å²) >= 11 is 0. The summed E-state index contributed by atoms with van der Waals surface area (Å²) in [6.45, 7) is 4.04. The normalized spacial score (nSPS) is 13.0. The number of carbonyl (C=O) groups is 1. The van der Waals surface area contributed by atoms with Crippen LogP contribution in [-0.4, -0.2) is 12.6 Å². The second-order valence-electron chi connectivity index (χ2n) is 7.34. The molecule has 0 amide bonds. The minimum Gasteiger partial charge on any atom is -0.482 e. The number of fused-ring (bicyclic) bond motifs is 3. The van der Waals surface area contributed by atoms with Crippen molar-refractivity contribution in [3.63, 3.8) is 0 Å². The van der Waals surface area contributed by atoms with Crippen LogP contribution in [0.3, 0.4) is 0 Å². The molecule has 0 bridgehead atoms. The Bertz CT molecular complexity index is 1080. The maximum Gasteiger partial charge on any atom is 0.349 e. The van der Waals surface area contributed by atoms with Crippen LogP contribution < -0.4 is 15.1 Å². The van der Waals surface area contributed by atoms with E-state index in [4.69, 9.17) is 13.9 Å². The van der Waals surface area contributed by atoms with E-state index >= 15 is 0 Å². The molecule has 0 spiro atoms. The number of hydrogen-bond acceptors (Lipinski definition) is 5. The molecule has 0 unspecified atom stereocenters. The number of esters is 1. The number of aryl methyl sites for hydroxylation is 1. The molecule has 0 saturated carbocycles. The Morgan fingerprint density at radius 1 is 1.04 bits per heavy atom. The molecule has 5 nitrogen and oxygen atoms in total. The van der Waals surface area contributed by atoms with Gasteiger partial charge in [0.1, 0.15) is 17.1 Å². The lowest BCUT2D eigenvalue weighted by Gasteiger charge is -2.10. The largest absolute Gasteiger partial charge is 0.482 e. The SMILES string of the molecule is CC(C)c1ccc(OCC(=O)Oc2ccc3c4c(c(=O)oc3c2)CCC4)cc1. The molecule has 0 radical (unpaired) electrons. The van der Waals surface area contributed by atoms with Crippen LogP contribution in [0.15, 0.2) is 51.7 Å². The summed E-state index contributed by atoms with van der Waals surface area (Å²) in [5.41, 5.74) is 3.18. The Morgan fingerprint density at radius 2 is 1.75 bits per heavy atom. The van der Waals surface area contributed by atoms with E-state index in [0.29, 0.717) is 23.0 Å². The molecular weight excluding hydrogens is 356 g/mol. The highest BCUT2D eigenvalue weighted by atomic mass is 16.6. The Morgan fingerprint density at radius 3 is 2.50 bits per heavy atom. The smallest absolute Gasteiger partial charge is 0.349 e. The van der Waals surface area contributed by atoms with E-state index in [0.717, 1.165) is 35.8 Å². The van der Waals surface area contributed by atoms with Gasteiger partial charge in [-0.2, -0.15) is 0 Å². The second-order valence-corrected chi connectivity index (χ2v) is 7.34. The summed E-state index contributed by atoms with van der Waals surface area (Å²) in [6, 6.07) is 12.8. The van der Waals surface area contributed by atoms with Gasteiger partial charge in [-0.1, -0.05) is 26.0 Å². The Labute approximate surface area is 162 Å². The van der Waals surface area contributed by atoms with Gasteiger partial charge in [0, 0.05) is 17.0 Å². The molecule has 3 aromatic rings. The van der Waals surface area contributed by atoms with Crippen LogP contribution in [-0.2, 0) is 17.6 Å². The first-order valence-corrected chi connectivity index (χ1v) is 9.53. The summed E-state index contributed by atoms with van der Waals surface area (Å²) in [5, 5.41) is 0.911. The van der Waals surface area contributed by atoms with Crippen molar-refractivity contribution in [3.05, 3.63) is 69.6 Å². The van der Waals surface area contributed by atoms with Crippen LogP contribution in [0.25, 0.3) is 11.0 Å². The van der Waals surface area contributed by atoms with Crippen molar-refractivity contribution in [1.82, 2.24) is 0 Å². The van der Waals surface area contributed by atoms with Crippen molar-refractivity contribution in [2.45, 2.75) is 39.0 Å². The zero-order valence-corrected chi connectivity index (χ0v) is 16.0. The molecule has 1 aliphatic carbocycles. The first-order valence-electron chi connectivity index (χ1n) is 9.53. The van der Waals surface area contributed by atoms with Crippen molar-refractivity contribution in [2.24, 2.45) is 0 Å². The van der Waals surface area contributed by atoms with Gasteiger partial charge in [-0.05, 0) is 60.6 Å². The number of ether oxygens (including phenoxy) is 2. The van der Waals surface area contributed by atoms with Crippen LogP contribution >= 0.6 is 0 Å². The molecule has 144 valence electrons. The lowest BCUT2D eigenvalue weighted by atomic mass is 10.0. The Balaban J connectivity index is 1.43. The van der Waals surface area contributed by atoms with Crippen molar-refractivity contribution in [2.75, 3.05) is 6.61 Å². The van der Waals surface area contributed by atoms with Crippen LogP contribution in [0.5, 0.6) is 11.5 Å². The number of carbonyl (C=O) groups excluding carboxylic acids is 1. The molecule has 0 aliphatic heterocycles. The summed E-state index contributed by atoms with van der Waals surface area (Å²) in [5.74, 6) is 0.864. The van der Waals surface area contributed by atoms with Crippen molar-refractivity contribution >= 4 is 16.9 Å². The molecule has 0 N–H and O–H groups in total. The highest BCUT2D eigenvalue weighted by Gasteiger charge is 2.20. The van der Waals surface area contributed by atoms with Crippen molar-refractivity contribution < 1.29 is 18.7 Å². The first-order chi connectivity index (χ1) is 13.5. The predicted molar refractivity (Wildman–Crippen MR) is 106 cm³/mol. The monoisotopic (exact) mass is 378 g/mol. The van der Waals surface area contributed by atoms with E-state index in [1.165, 1.54) is 5.56 Å². The van der Waals surface area contributed by atoms with Gasteiger partial charge in [0.2, 0.25) is 0 Å². The van der Waals surface area contributed by atoms with Gasteiger partial charge in [0.25, 0.3) is 0 Å². The van der Waals surface area contributed by atoms with E-state index < -0.39 is 5.97 Å². The van der Waals surface area contributed by atoms with Crippen LogP contribution in [0.1, 0.15) is 42.9 Å². The fraction of sp³-hybridized carbons (Fsp3) is 0.304. The van der Waals surface area contributed by atoms with Crippen LogP contribution in [0.2, 0.25) is 0 Å².